The van der Waals surface area contributed by atoms with Gasteiger partial charge in [-0.15, -0.1) is 0 Å². The Balaban J connectivity index is 2.57. The van der Waals surface area contributed by atoms with Crippen molar-refractivity contribution in [2.24, 2.45) is 0 Å². The summed E-state index contributed by atoms with van der Waals surface area (Å²) >= 11 is 0. The number of nitrogens with zero attached hydrogens (tertiary/aromatic N) is 1. The van der Waals surface area contributed by atoms with Crippen LogP contribution >= 0.6 is 0 Å². The van der Waals surface area contributed by atoms with Crippen LogP contribution in [0.25, 0.3) is 0 Å². The van der Waals surface area contributed by atoms with Crippen LogP contribution in [0.2, 0.25) is 0 Å². The summed E-state index contributed by atoms with van der Waals surface area (Å²) in [6, 6.07) is 6.06. The molecule has 0 spiro atoms. The number of hydrogen-bond donors (Lipinski definition) is 2. The van der Waals surface area contributed by atoms with E-state index in [1.165, 1.54) is 19.2 Å². The maximum absolute atomic E-state index is 11.6. The van der Waals surface area contributed by atoms with Crippen LogP contribution in [0.4, 0.5) is 0 Å². The first-order chi connectivity index (χ1) is 9.96. The van der Waals surface area contributed by atoms with E-state index in [0.717, 1.165) is 0 Å². The monoisotopic (exact) mass is 292 g/mol. The van der Waals surface area contributed by atoms with Crippen molar-refractivity contribution in [3.05, 3.63) is 23.8 Å². The second-order valence-corrected chi connectivity index (χ2v) is 4.33. The number of methoxy groups -OCH3 is 1. The van der Waals surface area contributed by atoms with Gasteiger partial charge in [-0.25, -0.2) is 0 Å². The highest BCUT2D eigenvalue weighted by Crippen LogP contribution is 2.27. The molecule has 1 rings (SSSR count). The molecule has 1 unspecified atom stereocenters. The number of carbonyl (C=O) groups is 2. The van der Waals surface area contributed by atoms with E-state index in [0.29, 0.717) is 17.1 Å². The molecule has 0 radical (unpaired) electrons. The van der Waals surface area contributed by atoms with Crippen LogP contribution in [0, 0.1) is 11.3 Å². The van der Waals surface area contributed by atoms with Crippen molar-refractivity contribution in [3.63, 3.8) is 0 Å². The minimum absolute atomic E-state index is 0.161. The first-order valence-corrected chi connectivity index (χ1v) is 6.18. The molecule has 1 aromatic rings. The molecule has 21 heavy (non-hydrogen) atoms. The van der Waals surface area contributed by atoms with Gasteiger partial charge in [0.25, 0.3) is 5.91 Å². The van der Waals surface area contributed by atoms with E-state index in [1.807, 2.05) is 6.07 Å². The molecule has 1 atom stereocenters. The Morgan fingerprint density at radius 2 is 2.14 bits per heavy atom. The molecule has 0 aliphatic carbocycles. The standard InChI is InChI=1S/C14H16N2O5/c1-9(5-14(18)19)16-13(17)8-21-11-4-3-10(7-15)6-12(11)20-2/h3-4,6,9H,5,8H2,1-2H3,(H,16,17)(H,18,19). The SMILES string of the molecule is COc1cc(C#N)ccc1OCC(=O)NC(C)CC(=O)O. The summed E-state index contributed by atoms with van der Waals surface area (Å²) in [5, 5.41) is 19.9. The third-order valence-electron chi connectivity index (χ3n) is 2.54. The van der Waals surface area contributed by atoms with Crippen LogP contribution in [0.3, 0.4) is 0 Å². The largest absolute Gasteiger partial charge is 0.493 e. The average molecular weight is 292 g/mol. The molecule has 7 heteroatoms. The number of rotatable bonds is 7. The van der Waals surface area contributed by atoms with Crippen LogP contribution in [-0.4, -0.2) is 36.7 Å². The smallest absolute Gasteiger partial charge is 0.305 e. The summed E-state index contributed by atoms with van der Waals surface area (Å²) < 4.78 is 10.4. The minimum Gasteiger partial charge on any atom is -0.493 e. The predicted octanol–water partition coefficient (Wildman–Crippen LogP) is 0.925. The summed E-state index contributed by atoms with van der Waals surface area (Å²) in [6.07, 6.45) is -0.161. The Kier molecular flexibility index (Phi) is 6.01. The van der Waals surface area contributed by atoms with Crippen molar-refractivity contribution in [1.82, 2.24) is 5.32 Å². The molecule has 0 fully saturated rings. The van der Waals surface area contributed by atoms with E-state index in [-0.39, 0.29) is 13.0 Å². The van der Waals surface area contributed by atoms with Gasteiger partial charge in [0.2, 0.25) is 0 Å². The van der Waals surface area contributed by atoms with Gasteiger partial charge in [-0.2, -0.15) is 5.26 Å². The Hall–Kier alpha value is -2.75. The molecule has 7 nitrogen and oxygen atoms in total. The number of carboxylic acids is 1. The number of benzene rings is 1. The summed E-state index contributed by atoms with van der Waals surface area (Å²) in [5.74, 6) is -0.745. The molecule has 0 aliphatic rings. The zero-order valence-corrected chi connectivity index (χ0v) is 11.8. The van der Waals surface area contributed by atoms with Crippen molar-refractivity contribution < 1.29 is 24.2 Å². The number of hydrogen-bond acceptors (Lipinski definition) is 5. The van der Waals surface area contributed by atoms with Crippen molar-refractivity contribution in [1.29, 1.82) is 5.26 Å². The highest BCUT2D eigenvalue weighted by atomic mass is 16.5. The van der Waals surface area contributed by atoms with Crippen LogP contribution in [-0.2, 0) is 9.59 Å². The zero-order valence-electron chi connectivity index (χ0n) is 11.8. The maximum Gasteiger partial charge on any atom is 0.305 e. The lowest BCUT2D eigenvalue weighted by Gasteiger charge is -2.13. The number of amides is 1. The van der Waals surface area contributed by atoms with E-state index in [4.69, 9.17) is 19.8 Å². The second-order valence-electron chi connectivity index (χ2n) is 4.33. The maximum atomic E-state index is 11.6. The molecule has 2 N–H and O–H groups in total. The second kappa shape index (κ2) is 7.75. The normalized spacial score (nSPS) is 11.1. The average Bonchev–Trinajstić information content (AvgIpc) is 2.43. The van der Waals surface area contributed by atoms with Gasteiger partial charge in [0.05, 0.1) is 25.2 Å². The van der Waals surface area contributed by atoms with E-state index in [1.54, 1.807) is 13.0 Å². The lowest BCUT2D eigenvalue weighted by molar-refractivity contribution is -0.137. The number of carbonyl (C=O) groups excluding carboxylic acids is 1. The Morgan fingerprint density at radius 1 is 1.43 bits per heavy atom. The summed E-state index contributed by atoms with van der Waals surface area (Å²) in [4.78, 5) is 22.1. The summed E-state index contributed by atoms with van der Waals surface area (Å²) in [7, 11) is 1.43. The molecule has 0 bridgehead atoms. The molecule has 1 amide bonds. The third-order valence-corrected chi connectivity index (χ3v) is 2.54. The van der Waals surface area contributed by atoms with Crippen LogP contribution in [0.15, 0.2) is 18.2 Å². The van der Waals surface area contributed by atoms with Crippen molar-refractivity contribution >= 4 is 11.9 Å². The van der Waals surface area contributed by atoms with E-state index in [9.17, 15) is 9.59 Å². The van der Waals surface area contributed by atoms with Gasteiger partial charge in [0, 0.05) is 12.1 Å². The van der Waals surface area contributed by atoms with Gasteiger partial charge >= 0.3 is 5.97 Å². The van der Waals surface area contributed by atoms with Gasteiger partial charge in [-0.3, -0.25) is 9.59 Å². The fourth-order valence-corrected chi connectivity index (χ4v) is 1.63. The topological polar surface area (TPSA) is 109 Å². The quantitative estimate of drug-likeness (QED) is 0.773. The first-order valence-electron chi connectivity index (χ1n) is 6.18. The highest BCUT2D eigenvalue weighted by Gasteiger charge is 2.12. The van der Waals surface area contributed by atoms with Crippen LogP contribution < -0.4 is 14.8 Å². The molecular weight excluding hydrogens is 276 g/mol. The zero-order chi connectivity index (χ0) is 15.8. The minimum atomic E-state index is -0.988. The first kappa shape index (κ1) is 16.3. The predicted molar refractivity (Wildman–Crippen MR) is 73.1 cm³/mol. The third kappa shape index (κ3) is 5.40. The van der Waals surface area contributed by atoms with Crippen LogP contribution in [0.5, 0.6) is 11.5 Å². The van der Waals surface area contributed by atoms with E-state index in [2.05, 4.69) is 5.32 Å². The van der Waals surface area contributed by atoms with E-state index < -0.39 is 17.9 Å². The summed E-state index contributed by atoms with van der Waals surface area (Å²) in [5.41, 5.74) is 0.415. The molecule has 0 aromatic heterocycles. The molecule has 112 valence electrons. The molecule has 0 heterocycles. The Bertz CT molecular complexity index is 565. The van der Waals surface area contributed by atoms with Crippen LogP contribution in [0.1, 0.15) is 18.9 Å². The van der Waals surface area contributed by atoms with Crippen molar-refractivity contribution in [2.75, 3.05) is 13.7 Å². The Morgan fingerprint density at radius 3 is 2.71 bits per heavy atom. The van der Waals surface area contributed by atoms with Gasteiger partial charge in [0.1, 0.15) is 0 Å². The fraction of sp³-hybridized carbons (Fsp3) is 0.357. The van der Waals surface area contributed by atoms with Gasteiger partial charge < -0.3 is 19.9 Å². The Labute approximate surface area is 122 Å². The van der Waals surface area contributed by atoms with Crippen molar-refractivity contribution in [3.8, 4) is 17.6 Å². The number of carboxylic acid groups (broad SMARTS) is 1. The number of nitrogens with one attached hydrogen (secondary N) is 1. The van der Waals surface area contributed by atoms with Gasteiger partial charge in [-0.1, -0.05) is 0 Å². The molecular formula is C14H16N2O5. The van der Waals surface area contributed by atoms with Gasteiger partial charge in [-0.05, 0) is 19.1 Å². The lowest BCUT2D eigenvalue weighted by Crippen LogP contribution is -2.37. The number of ether oxygens (including phenoxy) is 2. The number of nitriles is 1. The summed E-state index contributed by atoms with van der Waals surface area (Å²) in [6.45, 7) is 1.32. The lowest BCUT2D eigenvalue weighted by atomic mass is 10.2. The molecule has 0 aliphatic heterocycles. The van der Waals surface area contributed by atoms with E-state index >= 15 is 0 Å². The molecule has 1 aromatic carbocycles. The highest BCUT2D eigenvalue weighted by molar-refractivity contribution is 5.78. The molecule has 0 saturated carbocycles. The van der Waals surface area contributed by atoms with Gasteiger partial charge in [0.15, 0.2) is 18.1 Å². The molecule has 0 saturated heterocycles. The number of aliphatic carboxylic acids is 1. The van der Waals surface area contributed by atoms with Crippen molar-refractivity contribution in [2.45, 2.75) is 19.4 Å². The fourth-order valence-electron chi connectivity index (χ4n) is 1.63.